The molecule has 1 N–H and O–H groups in total. The van der Waals surface area contributed by atoms with E-state index in [0.29, 0.717) is 32.8 Å². The minimum Gasteiger partial charge on any atom is -0.375 e. The van der Waals surface area contributed by atoms with Crippen molar-refractivity contribution in [3.05, 3.63) is 0 Å². The van der Waals surface area contributed by atoms with Crippen LogP contribution in [0.5, 0.6) is 0 Å². The molecule has 2 unspecified atom stereocenters. The summed E-state index contributed by atoms with van der Waals surface area (Å²) in [6, 6.07) is 0. The number of aliphatic imine (C=N–C) groups is 1. The summed E-state index contributed by atoms with van der Waals surface area (Å²) >= 11 is 0. The number of hydrogen-bond donors (Lipinski definition) is 1. The van der Waals surface area contributed by atoms with Gasteiger partial charge in [0.05, 0.1) is 25.8 Å². The average Bonchev–Trinajstić information content (AvgIpc) is 3.07. The zero-order valence-electron chi connectivity index (χ0n) is 15.0. The van der Waals surface area contributed by atoms with Gasteiger partial charge in [-0.2, -0.15) is 13.2 Å². The van der Waals surface area contributed by atoms with Crippen LogP contribution in [-0.2, 0) is 9.47 Å². The maximum absolute atomic E-state index is 12.4. The van der Waals surface area contributed by atoms with Crippen molar-refractivity contribution in [3.63, 3.8) is 0 Å². The highest BCUT2D eigenvalue weighted by atomic mass is 19.4. The predicted molar refractivity (Wildman–Crippen MR) is 89.8 cm³/mol. The Morgan fingerprint density at radius 2 is 2.04 bits per heavy atom. The van der Waals surface area contributed by atoms with E-state index < -0.39 is 12.7 Å². The van der Waals surface area contributed by atoms with Crippen LogP contribution in [0.15, 0.2) is 4.99 Å². The quantitative estimate of drug-likeness (QED) is 0.568. The lowest BCUT2D eigenvalue weighted by Gasteiger charge is -2.37. The Bertz CT molecular complexity index is 428. The smallest absolute Gasteiger partial charge is 0.375 e. The number of hydrogen-bond acceptors (Lipinski definition) is 4. The van der Waals surface area contributed by atoms with E-state index in [9.17, 15) is 13.2 Å². The first kappa shape index (κ1) is 20.3. The topological polar surface area (TPSA) is 49.3 Å². The van der Waals surface area contributed by atoms with Gasteiger partial charge in [0.15, 0.2) is 5.96 Å². The van der Waals surface area contributed by atoms with Crippen LogP contribution >= 0.6 is 0 Å². The van der Waals surface area contributed by atoms with E-state index >= 15 is 0 Å². The van der Waals surface area contributed by atoms with E-state index in [2.05, 4.69) is 15.2 Å². The molecule has 0 aromatic heterocycles. The minimum absolute atomic E-state index is 0.0213. The average molecular weight is 366 g/mol. The predicted octanol–water partition coefficient (Wildman–Crippen LogP) is 1.33. The van der Waals surface area contributed by atoms with Crippen LogP contribution in [0.3, 0.4) is 0 Å². The van der Waals surface area contributed by atoms with Crippen molar-refractivity contribution >= 4 is 5.96 Å². The molecule has 0 aromatic rings. The fraction of sp³-hybridized carbons (Fsp3) is 0.938. The van der Waals surface area contributed by atoms with E-state index in [1.54, 1.807) is 0 Å². The lowest BCUT2D eigenvalue weighted by molar-refractivity contribution is -0.142. The van der Waals surface area contributed by atoms with Crippen LogP contribution in [0.2, 0.25) is 0 Å². The van der Waals surface area contributed by atoms with Gasteiger partial charge in [0, 0.05) is 32.8 Å². The molecule has 0 saturated carbocycles. The van der Waals surface area contributed by atoms with Crippen LogP contribution in [-0.4, -0.2) is 93.7 Å². The summed E-state index contributed by atoms with van der Waals surface area (Å²) in [7, 11) is 1.46. The van der Waals surface area contributed by atoms with E-state index in [-0.39, 0.29) is 18.8 Å². The SMILES string of the molecule is CCNC(=NCCN(C)CC(F)(F)F)N1CCOC(C2CCCO2)C1. The Hall–Kier alpha value is -1.06. The van der Waals surface area contributed by atoms with Crippen LogP contribution in [0.25, 0.3) is 0 Å². The van der Waals surface area contributed by atoms with Crippen molar-refractivity contribution < 1.29 is 22.6 Å². The highest BCUT2D eigenvalue weighted by Gasteiger charge is 2.32. The van der Waals surface area contributed by atoms with Crippen LogP contribution in [0.1, 0.15) is 19.8 Å². The van der Waals surface area contributed by atoms with E-state index in [1.165, 1.54) is 11.9 Å². The molecule has 0 spiro atoms. The number of ether oxygens (including phenoxy) is 2. The van der Waals surface area contributed by atoms with Gasteiger partial charge in [-0.15, -0.1) is 0 Å². The Labute approximate surface area is 147 Å². The number of alkyl halides is 3. The second-order valence-electron chi connectivity index (χ2n) is 6.50. The monoisotopic (exact) mass is 366 g/mol. The molecular formula is C16H29F3N4O2. The van der Waals surface area contributed by atoms with E-state index in [1.807, 2.05) is 6.92 Å². The molecule has 0 aliphatic carbocycles. The zero-order valence-corrected chi connectivity index (χ0v) is 15.0. The summed E-state index contributed by atoms with van der Waals surface area (Å²) < 4.78 is 48.7. The molecule has 2 aliphatic heterocycles. The van der Waals surface area contributed by atoms with Crippen LogP contribution < -0.4 is 5.32 Å². The molecule has 0 amide bonds. The number of morpholine rings is 1. The maximum Gasteiger partial charge on any atom is 0.401 e. The summed E-state index contributed by atoms with van der Waals surface area (Å²) in [5.74, 6) is 0.731. The number of guanidine groups is 1. The van der Waals surface area contributed by atoms with Gasteiger partial charge in [-0.3, -0.25) is 9.89 Å². The molecule has 0 aromatic carbocycles. The fourth-order valence-electron chi connectivity index (χ4n) is 3.13. The Morgan fingerprint density at radius 1 is 1.28 bits per heavy atom. The minimum atomic E-state index is -4.18. The van der Waals surface area contributed by atoms with Gasteiger partial charge in [0.2, 0.25) is 0 Å². The van der Waals surface area contributed by atoms with Gasteiger partial charge in [0.25, 0.3) is 0 Å². The number of rotatable bonds is 6. The van der Waals surface area contributed by atoms with E-state index in [0.717, 1.165) is 25.4 Å². The molecular weight excluding hydrogens is 337 g/mol. The lowest BCUT2D eigenvalue weighted by atomic mass is 10.1. The molecule has 2 atom stereocenters. The first-order chi connectivity index (χ1) is 11.9. The molecule has 2 saturated heterocycles. The van der Waals surface area contributed by atoms with Crippen molar-refractivity contribution in [2.45, 2.75) is 38.1 Å². The third kappa shape index (κ3) is 6.99. The van der Waals surface area contributed by atoms with Crippen molar-refractivity contribution in [1.82, 2.24) is 15.1 Å². The fourth-order valence-corrected chi connectivity index (χ4v) is 3.13. The molecule has 0 bridgehead atoms. The van der Waals surface area contributed by atoms with Gasteiger partial charge in [0.1, 0.15) is 6.10 Å². The summed E-state index contributed by atoms with van der Waals surface area (Å²) in [6.07, 6.45) is -1.96. The number of nitrogens with zero attached hydrogens (tertiary/aromatic N) is 3. The van der Waals surface area contributed by atoms with Gasteiger partial charge in [-0.25, -0.2) is 0 Å². The maximum atomic E-state index is 12.4. The summed E-state index contributed by atoms with van der Waals surface area (Å²) in [5, 5.41) is 3.22. The normalized spacial score (nSPS) is 25.7. The summed E-state index contributed by atoms with van der Waals surface area (Å²) in [5.41, 5.74) is 0. The summed E-state index contributed by atoms with van der Waals surface area (Å²) in [6.45, 7) is 5.13. The molecule has 0 radical (unpaired) electrons. The lowest BCUT2D eigenvalue weighted by Crippen LogP contribution is -2.53. The number of nitrogens with one attached hydrogen (secondary N) is 1. The molecule has 6 nitrogen and oxygen atoms in total. The van der Waals surface area contributed by atoms with Gasteiger partial charge < -0.3 is 19.7 Å². The highest BCUT2D eigenvalue weighted by molar-refractivity contribution is 5.80. The standard InChI is InChI=1S/C16H29F3N4O2/c1-3-20-15(21-6-7-22(2)12-16(17,18)19)23-8-10-25-14(11-23)13-5-4-9-24-13/h13-14H,3-12H2,1-2H3,(H,20,21). The molecule has 2 fully saturated rings. The van der Waals surface area contributed by atoms with E-state index in [4.69, 9.17) is 9.47 Å². The van der Waals surface area contributed by atoms with Crippen molar-refractivity contribution in [3.8, 4) is 0 Å². The Balaban J connectivity index is 1.87. The molecule has 2 heterocycles. The highest BCUT2D eigenvalue weighted by Crippen LogP contribution is 2.21. The third-order valence-electron chi connectivity index (χ3n) is 4.30. The van der Waals surface area contributed by atoms with Crippen LogP contribution in [0.4, 0.5) is 13.2 Å². The zero-order chi connectivity index (χ0) is 18.3. The van der Waals surface area contributed by atoms with Gasteiger partial charge in [-0.05, 0) is 26.8 Å². The van der Waals surface area contributed by atoms with Crippen molar-refractivity contribution in [2.75, 3.05) is 59.5 Å². The third-order valence-corrected chi connectivity index (χ3v) is 4.30. The molecule has 9 heteroatoms. The second kappa shape index (κ2) is 9.59. The number of likely N-dealkylation sites (N-methyl/N-ethyl adjacent to an activating group) is 1. The molecule has 2 rings (SSSR count). The van der Waals surface area contributed by atoms with Gasteiger partial charge in [-0.1, -0.05) is 0 Å². The largest absolute Gasteiger partial charge is 0.401 e. The molecule has 2 aliphatic rings. The number of halogens is 3. The molecule has 146 valence electrons. The summed E-state index contributed by atoms with van der Waals surface area (Å²) in [4.78, 5) is 7.85. The molecule has 25 heavy (non-hydrogen) atoms. The van der Waals surface area contributed by atoms with Crippen molar-refractivity contribution in [1.29, 1.82) is 0 Å². The second-order valence-corrected chi connectivity index (χ2v) is 6.50. The first-order valence-corrected chi connectivity index (χ1v) is 8.91. The van der Waals surface area contributed by atoms with Crippen LogP contribution in [0, 0.1) is 0 Å². The Kier molecular flexibility index (Phi) is 7.77. The Morgan fingerprint density at radius 3 is 2.68 bits per heavy atom. The van der Waals surface area contributed by atoms with Gasteiger partial charge >= 0.3 is 6.18 Å². The van der Waals surface area contributed by atoms with Crippen molar-refractivity contribution in [2.24, 2.45) is 4.99 Å². The first-order valence-electron chi connectivity index (χ1n) is 8.91.